The molecule has 0 bridgehead atoms. The van der Waals surface area contributed by atoms with Gasteiger partial charge in [-0.15, -0.1) is 0 Å². The summed E-state index contributed by atoms with van der Waals surface area (Å²) in [6, 6.07) is 12.5. The molecule has 0 heterocycles. The summed E-state index contributed by atoms with van der Waals surface area (Å²) in [5.74, 6) is 0.653. The second-order valence-corrected chi connectivity index (χ2v) is 5.08. The van der Waals surface area contributed by atoms with Gasteiger partial charge in [-0.3, -0.25) is 4.79 Å². The van der Waals surface area contributed by atoms with Gasteiger partial charge in [-0.05, 0) is 42.8 Å². The van der Waals surface area contributed by atoms with Crippen molar-refractivity contribution in [3.63, 3.8) is 0 Å². The van der Waals surface area contributed by atoms with Crippen LogP contribution in [0.4, 0.5) is 0 Å². The van der Waals surface area contributed by atoms with Crippen molar-refractivity contribution in [2.45, 2.75) is 13.5 Å². The van der Waals surface area contributed by atoms with Crippen LogP contribution in [0.5, 0.6) is 5.75 Å². The lowest BCUT2D eigenvalue weighted by Gasteiger charge is -2.08. The van der Waals surface area contributed by atoms with E-state index in [2.05, 4.69) is 5.16 Å². The molecule has 0 unspecified atom stereocenters. The molecule has 114 valence electrons. The summed E-state index contributed by atoms with van der Waals surface area (Å²) in [5, 5.41) is 4.58. The number of Topliss-reactive ketones (excluding diaryl/α,β-unsaturated/α-hetero) is 1. The van der Waals surface area contributed by atoms with Crippen LogP contribution in [-0.2, 0) is 11.4 Å². The molecule has 0 spiro atoms. The van der Waals surface area contributed by atoms with E-state index < -0.39 is 0 Å². The first-order chi connectivity index (χ1) is 10.6. The summed E-state index contributed by atoms with van der Waals surface area (Å²) < 4.78 is 5.25. The lowest BCUT2D eigenvalue weighted by Crippen LogP contribution is -1.98. The van der Waals surface area contributed by atoms with Gasteiger partial charge < -0.3 is 9.57 Å². The second-order valence-electron chi connectivity index (χ2n) is 4.64. The number of hydrogen-bond acceptors (Lipinski definition) is 4. The zero-order chi connectivity index (χ0) is 15.9. The van der Waals surface area contributed by atoms with Gasteiger partial charge in [0.25, 0.3) is 0 Å². The highest BCUT2D eigenvalue weighted by molar-refractivity contribution is 6.30. The maximum atomic E-state index is 11.4. The fourth-order valence-electron chi connectivity index (χ4n) is 1.86. The molecule has 0 saturated carbocycles. The highest BCUT2D eigenvalue weighted by Gasteiger charge is 2.07. The Balaban J connectivity index is 2.02. The quantitative estimate of drug-likeness (QED) is 0.458. The summed E-state index contributed by atoms with van der Waals surface area (Å²) in [6.45, 7) is 1.74. The van der Waals surface area contributed by atoms with E-state index in [1.54, 1.807) is 43.7 Å². The molecule has 0 fully saturated rings. The first kappa shape index (κ1) is 16.0. The van der Waals surface area contributed by atoms with Crippen LogP contribution < -0.4 is 4.74 Å². The Morgan fingerprint density at radius 3 is 2.59 bits per heavy atom. The Morgan fingerprint density at radius 1 is 1.23 bits per heavy atom. The van der Waals surface area contributed by atoms with Crippen molar-refractivity contribution in [1.29, 1.82) is 0 Å². The number of nitrogens with zero attached hydrogens (tertiary/aromatic N) is 1. The zero-order valence-electron chi connectivity index (χ0n) is 12.4. The number of carbonyl (C=O) groups excluding carboxylic acids is 1. The largest absolute Gasteiger partial charge is 0.496 e. The molecule has 0 saturated heterocycles. The van der Waals surface area contributed by atoms with Crippen molar-refractivity contribution in [2.24, 2.45) is 5.16 Å². The predicted molar refractivity (Wildman–Crippen MR) is 86.8 cm³/mol. The summed E-state index contributed by atoms with van der Waals surface area (Å²) in [5.41, 5.74) is 2.26. The minimum atomic E-state index is -0.00596. The number of ketones is 1. The number of halogens is 1. The average Bonchev–Trinajstić information content (AvgIpc) is 2.53. The lowest BCUT2D eigenvalue weighted by atomic mass is 10.1. The van der Waals surface area contributed by atoms with Gasteiger partial charge in [0.2, 0.25) is 0 Å². The fourth-order valence-corrected chi connectivity index (χ4v) is 1.99. The molecule has 0 aliphatic heterocycles. The van der Waals surface area contributed by atoms with Crippen LogP contribution in [0.2, 0.25) is 5.02 Å². The van der Waals surface area contributed by atoms with E-state index in [-0.39, 0.29) is 12.4 Å². The van der Waals surface area contributed by atoms with Gasteiger partial charge in [0, 0.05) is 16.1 Å². The number of hydrogen-bond donors (Lipinski definition) is 0. The van der Waals surface area contributed by atoms with E-state index in [1.165, 1.54) is 6.92 Å². The van der Waals surface area contributed by atoms with Crippen LogP contribution in [0.3, 0.4) is 0 Å². The zero-order valence-corrected chi connectivity index (χ0v) is 13.1. The molecule has 0 aromatic heterocycles. The minimum Gasteiger partial charge on any atom is -0.496 e. The van der Waals surface area contributed by atoms with E-state index in [4.69, 9.17) is 21.2 Å². The van der Waals surface area contributed by atoms with Gasteiger partial charge in [0.15, 0.2) is 5.78 Å². The molecule has 0 N–H and O–H groups in total. The lowest BCUT2D eigenvalue weighted by molar-refractivity contribution is 0.101. The number of carbonyl (C=O) groups is 1. The van der Waals surface area contributed by atoms with Gasteiger partial charge in [-0.1, -0.05) is 28.9 Å². The van der Waals surface area contributed by atoms with E-state index in [0.717, 1.165) is 11.1 Å². The van der Waals surface area contributed by atoms with E-state index in [1.807, 2.05) is 12.1 Å². The van der Waals surface area contributed by atoms with Crippen molar-refractivity contribution in [3.05, 3.63) is 64.2 Å². The molecular formula is C17H16ClNO3. The summed E-state index contributed by atoms with van der Waals surface area (Å²) >= 11 is 5.81. The van der Waals surface area contributed by atoms with Gasteiger partial charge in [0.1, 0.15) is 12.4 Å². The molecule has 22 heavy (non-hydrogen) atoms. The first-order valence-electron chi connectivity index (χ1n) is 6.69. The van der Waals surface area contributed by atoms with Crippen molar-refractivity contribution in [1.82, 2.24) is 0 Å². The highest BCUT2D eigenvalue weighted by Crippen LogP contribution is 2.21. The third-order valence-corrected chi connectivity index (χ3v) is 3.31. The number of methoxy groups -OCH3 is 1. The van der Waals surface area contributed by atoms with Crippen LogP contribution in [0, 0.1) is 0 Å². The molecule has 2 rings (SSSR count). The normalized spacial score (nSPS) is 10.7. The van der Waals surface area contributed by atoms with Crippen LogP contribution in [-0.4, -0.2) is 19.1 Å². The Bertz CT molecular complexity index is 681. The van der Waals surface area contributed by atoms with Crippen LogP contribution in [0.15, 0.2) is 47.6 Å². The van der Waals surface area contributed by atoms with E-state index in [9.17, 15) is 4.79 Å². The van der Waals surface area contributed by atoms with Gasteiger partial charge in [-0.25, -0.2) is 0 Å². The topological polar surface area (TPSA) is 47.9 Å². The maximum absolute atomic E-state index is 11.4. The van der Waals surface area contributed by atoms with Crippen molar-refractivity contribution >= 4 is 23.6 Å². The Morgan fingerprint density at radius 2 is 1.95 bits per heavy atom. The van der Waals surface area contributed by atoms with Crippen molar-refractivity contribution in [3.8, 4) is 5.75 Å². The standard InChI is InChI=1S/C17H16ClNO3/c1-12(20)14-5-8-17(21-2)15(9-14)11-22-19-10-13-3-6-16(18)7-4-13/h3-10H,11H2,1-2H3/b19-10+. The average molecular weight is 318 g/mol. The number of rotatable bonds is 6. The molecule has 4 nitrogen and oxygen atoms in total. The summed E-state index contributed by atoms with van der Waals surface area (Å²) in [7, 11) is 1.57. The van der Waals surface area contributed by atoms with Gasteiger partial charge >= 0.3 is 0 Å². The number of benzene rings is 2. The van der Waals surface area contributed by atoms with Gasteiger partial charge in [-0.2, -0.15) is 0 Å². The smallest absolute Gasteiger partial charge is 0.159 e. The highest BCUT2D eigenvalue weighted by atomic mass is 35.5. The van der Waals surface area contributed by atoms with Crippen LogP contribution in [0.25, 0.3) is 0 Å². The molecule has 0 atom stereocenters. The molecule has 0 amide bonds. The number of oxime groups is 1. The second kappa shape index (κ2) is 7.61. The molecular weight excluding hydrogens is 302 g/mol. The monoisotopic (exact) mass is 317 g/mol. The third-order valence-electron chi connectivity index (χ3n) is 3.05. The molecule has 2 aromatic carbocycles. The van der Waals surface area contributed by atoms with Gasteiger partial charge in [0.05, 0.1) is 13.3 Å². The molecule has 0 radical (unpaired) electrons. The Hall–Kier alpha value is -2.33. The molecule has 2 aromatic rings. The van der Waals surface area contributed by atoms with Crippen molar-refractivity contribution in [2.75, 3.05) is 7.11 Å². The third kappa shape index (κ3) is 4.33. The summed E-state index contributed by atoms with van der Waals surface area (Å²) in [6.07, 6.45) is 1.59. The molecule has 5 heteroatoms. The Kier molecular flexibility index (Phi) is 5.55. The SMILES string of the molecule is COc1ccc(C(C)=O)cc1CO/N=C/c1ccc(Cl)cc1. The van der Waals surface area contributed by atoms with Crippen LogP contribution in [0.1, 0.15) is 28.4 Å². The Labute approximate surface area is 134 Å². The first-order valence-corrected chi connectivity index (χ1v) is 7.06. The summed E-state index contributed by atoms with van der Waals surface area (Å²) in [4.78, 5) is 16.7. The predicted octanol–water partition coefficient (Wildman–Crippen LogP) is 4.10. The fraction of sp³-hybridized carbons (Fsp3) is 0.176. The minimum absolute atomic E-state index is 0.00596. The number of ether oxygens (including phenoxy) is 1. The molecule has 0 aliphatic rings. The van der Waals surface area contributed by atoms with Crippen LogP contribution >= 0.6 is 11.6 Å². The van der Waals surface area contributed by atoms with E-state index in [0.29, 0.717) is 16.3 Å². The molecule has 0 aliphatic carbocycles. The van der Waals surface area contributed by atoms with E-state index >= 15 is 0 Å². The van der Waals surface area contributed by atoms with Crippen molar-refractivity contribution < 1.29 is 14.4 Å². The maximum Gasteiger partial charge on any atom is 0.159 e.